The van der Waals surface area contributed by atoms with E-state index in [1.165, 1.54) is 33.0 Å². The fraction of sp³-hybridized carbons (Fsp3) is 0.0652. The molecule has 0 bridgehead atoms. The van der Waals surface area contributed by atoms with E-state index in [0.29, 0.717) is 17.6 Å². The largest absolute Gasteiger partial charge is 0.277 e. The molecule has 1 aliphatic rings. The lowest BCUT2D eigenvalue weighted by molar-refractivity contribution is 0.661. The average Bonchev–Trinajstić information content (AvgIpc) is 3.64. The van der Waals surface area contributed by atoms with Crippen molar-refractivity contribution in [3.05, 3.63) is 169 Å². The molecule has 50 heavy (non-hydrogen) atoms. The van der Waals surface area contributed by atoms with Crippen LogP contribution < -0.4 is 0 Å². The smallest absolute Gasteiger partial charge is 0.238 e. The number of fused-ring (bicyclic) bond motifs is 8. The standard InChI is InChI=1S/C46H32N4/c1-46(2)38-26-25-32(28-37(38)41-33-19-10-9-14-29(33)24-27-39(41)46)34-21-13-22-36-35-20-11-12-23-40(35)50(42(34)36)45-48-43(30-15-5-3-6-16-30)47-44(49-45)31-17-7-4-8-18-31/h3-28H,1-2H3. The van der Waals surface area contributed by atoms with Crippen LogP contribution in [0.5, 0.6) is 0 Å². The lowest BCUT2D eigenvalue weighted by Crippen LogP contribution is -2.14. The highest BCUT2D eigenvalue weighted by Crippen LogP contribution is 2.52. The Morgan fingerprint density at radius 1 is 0.460 bits per heavy atom. The molecule has 0 unspecified atom stereocenters. The van der Waals surface area contributed by atoms with Gasteiger partial charge in [0, 0.05) is 32.9 Å². The van der Waals surface area contributed by atoms with Crippen molar-refractivity contribution in [1.82, 2.24) is 19.5 Å². The summed E-state index contributed by atoms with van der Waals surface area (Å²) in [6.45, 7) is 4.69. The molecule has 0 saturated carbocycles. The third kappa shape index (κ3) is 4.21. The molecule has 7 aromatic carbocycles. The zero-order chi connectivity index (χ0) is 33.4. The fourth-order valence-electron chi connectivity index (χ4n) is 8.05. The summed E-state index contributed by atoms with van der Waals surface area (Å²) in [4.78, 5) is 15.4. The van der Waals surface area contributed by atoms with E-state index < -0.39 is 0 Å². The van der Waals surface area contributed by atoms with Gasteiger partial charge in [-0.15, -0.1) is 0 Å². The minimum absolute atomic E-state index is 0.0965. The quantitative estimate of drug-likeness (QED) is 0.192. The number of nitrogens with zero attached hydrogens (tertiary/aromatic N) is 4. The summed E-state index contributed by atoms with van der Waals surface area (Å²) >= 11 is 0. The highest BCUT2D eigenvalue weighted by Gasteiger charge is 2.36. The summed E-state index contributed by atoms with van der Waals surface area (Å²) in [6, 6.07) is 55.9. The van der Waals surface area contributed by atoms with Crippen molar-refractivity contribution in [3.63, 3.8) is 0 Å². The Morgan fingerprint density at radius 2 is 1.08 bits per heavy atom. The number of aromatic nitrogens is 4. The first-order chi connectivity index (χ1) is 24.6. The van der Waals surface area contributed by atoms with Gasteiger partial charge in [0.2, 0.25) is 5.95 Å². The molecule has 1 aliphatic carbocycles. The summed E-state index contributed by atoms with van der Waals surface area (Å²) in [5.41, 5.74) is 11.6. The molecular formula is C46H32N4. The Bertz CT molecular complexity index is 2720. The van der Waals surface area contributed by atoms with Gasteiger partial charge in [-0.25, -0.2) is 4.98 Å². The van der Waals surface area contributed by atoms with Gasteiger partial charge in [0.25, 0.3) is 0 Å². The van der Waals surface area contributed by atoms with Gasteiger partial charge in [-0.3, -0.25) is 4.57 Å². The zero-order valence-corrected chi connectivity index (χ0v) is 27.8. The minimum atomic E-state index is -0.0965. The van der Waals surface area contributed by atoms with Crippen molar-refractivity contribution in [2.45, 2.75) is 19.3 Å². The van der Waals surface area contributed by atoms with Crippen LogP contribution in [-0.2, 0) is 5.41 Å². The van der Waals surface area contributed by atoms with Crippen LogP contribution in [-0.4, -0.2) is 19.5 Å². The molecule has 0 fully saturated rings. The number of para-hydroxylation sites is 2. The molecular weight excluding hydrogens is 609 g/mol. The van der Waals surface area contributed by atoms with Crippen LogP contribution in [0.15, 0.2) is 158 Å². The van der Waals surface area contributed by atoms with Crippen LogP contribution in [0.25, 0.3) is 83.6 Å². The monoisotopic (exact) mass is 640 g/mol. The van der Waals surface area contributed by atoms with E-state index in [1.54, 1.807) is 0 Å². The van der Waals surface area contributed by atoms with E-state index in [1.807, 2.05) is 36.4 Å². The van der Waals surface area contributed by atoms with Crippen molar-refractivity contribution < 1.29 is 0 Å². The summed E-state index contributed by atoms with van der Waals surface area (Å²) in [5.74, 6) is 1.87. The summed E-state index contributed by atoms with van der Waals surface area (Å²) in [5, 5.41) is 4.88. The Kier molecular flexibility index (Phi) is 6.19. The molecule has 0 saturated heterocycles. The Balaban J connectivity index is 1.27. The van der Waals surface area contributed by atoms with Gasteiger partial charge in [-0.1, -0.05) is 159 Å². The number of rotatable bonds is 4. The molecule has 0 radical (unpaired) electrons. The third-order valence-corrected chi connectivity index (χ3v) is 10.5. The van der Waals surface area contributed by atoms with Gasteiger partial charge in [0.05, 0.1) is 11.0 Å². The normalized spacial score (nSPS) is 13.2. The second-order valence-corrected chi connectivity index (χ2v) is 13.7. The third-order valence-electron chi connectivity index (χ3n) is 10.5. The van der Waals surface area contributed by atoms with Crippen molar-refractivity contribution >= 4 is 32.6 Å². The molecule has 2 heterocycles. The summed E-state index contributed by atoms with van der Waals surface area (Å²) in [6.07, 6.45) is 0. The Hall–Kier alpha value is -6.39. The number of hydrogen-bond donors (Lipinski definition) is 0. The van der Waals surface area contributed by atoms with Gasteiger partial charge in [0.1, 0.15) is 0 Å². The van der Waals surface area contributed by atoms with Gasteiger partial charge in [-0.2, -0.15) is 9.97 Å². The van der Waals surface area contributed by atoms with Gasteiger partial charge < -0.3 is 0 Å². The fourth-order valence-corrected chi connectivity index (χ4v) is 8.05. The van der Waals surface area contributed by atoms with Crippen molar-refractivity contribution in [3.8, 4) is 51.0 Å². The molecule has 10 rings (SSSR count). The predicted molar refractivity (Wildman–Crippen MR) is 206 cm³/mol. The first-order valence-corrected chi connectivity index (χ1v) is 17.1. The van der Waals surface area contributed by atoms with Crippen LogP contribution in [0.3, 0.4) is 0 Å². The predicted octanol–water partition coefficient (Wildman–Crippen LogP) is 11.4. The molecule has 0 atom stereocenters. The van der Waals surface area contributed by atoms with Crippen LogP contribution >= 0.6 is 0 Å². The summed E-state index contributed by atoms with van der Waals surface area (Å²) < 4.78 is 2.24. The van der Waals surface area contributed by atoms with E-state index in [0.717, 1.165) is 44.1 Å². The molecule has 236 valence electrons. The first-order valence-electron chi connectivity index (χ1n) is 17.1. The molecule has 0 aliphatic heterocycles. The minimum Gasteiger partial charge on any atom is -0.277 e. The van der Waals surface area contributed by atoms with E-state index in [-0.39, 0.29) is 5.41 Å². The maximum absolute atomic E-state index is 5.19. The Morgan fingerprint density at radius 3 is 1.82 bits per heavy atom. The number of benzene rings is 7. The maximum atomic E-state index is 5.19. The zero-order valence-electron chi connectivity index (χ0n) is 27.8. The second-order valence-electron chi connectivity index (χ2n) is 13.7. The van der Waals surface area contributed by atoms with Crippen LogP contribution in [0, 0.1) is 0 Å². The molecule has 4 heteroatoms. The van der Waals surface area contributed by atoms with E-state index in [2.05, 4.69) is 140 Å². The van der Waals surface area contributed by atoms with Gasteiger partial charge in [0.15, 0.2) is 11.6 Å². The van der Waals surface area contributed by atoms with Gasteiger partial charge in [-0.05, 0) is 50.7 Å². The first kappa shape index (κ1) is 28.6. The second kappa shape index (κ2) is 10.8. The van der Waals surface area contributed by atoms with Crippen molar-refractivity contribution in [1.29, 1.82) is 0 Å². The molecule has 0 spiro atoms. The van der Waals surface area contributed by atoms with Crippen LogP contribution in [0.1, 0.15) is 25.0 Å². The SMILES string of the molecule is CC1(C)c2ccc(-c3cccc4c5ccccc5n(-c5nc(-c6ccccc6)nc(-c6ccccc6)n5)c34)cc2-c2c1ccc1ccccc21. The molecule has 9 aromatic rings. The topological polar surface area (TPSA) is 43.6 Å². The van der Waals surface area contributed by atoms with Gasteiger partial charge >= 0.3 is 0 Å². The van der Waals surface area contributed by atoms with Crippen molar-refractivity contribution in [2.75, 3.05) is 0 Å². The highest BCUT2D eigenvalue weighted by atomic mass is 15.2. The lowest BCUT2D eigenvalue weighted by atomic mass is 9.82. The molecule has 0 amide bonds. The maximum Gasteiger partial charge on any atom is 0.238 e. The average molecular weight is 641 g/mol. The summed E-state index contributed by atoms with van der Waals surface area (Å²) in [7, 11) is 0. The van der Waals surface area contributed by atoms with E-state index in [9.17, 15) is 0 Å². The van der Waals surface area contributed by atoms with E-state index >= 15 is 0 Å². The molecule has 2 aromatic heterocycles. The van der Waals surface area contributed by atoms with Crippen LogP contribution in [0.2, 0.25) is 0 Å². The lowest BCUT2D eigenvalue weighted by Gasteiger charge is -2.21. The van der Waals surface area contributed by atoms with E-state index in [4.69, 9.17) is 15.0 Å². The van der Waals surface area contributed by atoms with Crippen molar-refractivity contribution in [2.24, 2.45) is 0 Å². The molecule has 4 nitrogen and oxygen atoms in total. The molecule has 0 N–H and O–H groups in total. The Labute approximate surface area is 290 Å². The highest BCUT2D eigenvalue weighted by molar-refractivity contribution is 6.14. The number of hydrogen-bond acceptors (Lipinski definition) is 3. The van der Waals surface area contributed by atoms with Crippen LogP contribution in [0.4, 0.5) is 0 Å².